The van der Waals surface area contributed by atoms with Crippen molar-refractivity contribution < 1.29 is 27.9 Å². The van der Waals surface area contributed by atoms with Gasteiger partial charge in [-0.25, -0.2) is 8.42 Å². The largest absolute Gasteiger partial charge is 0.507 e. The quantitative estimate of drug-likeness (QED) is 0.742. The third kappa shape index (κ3) is 4.11. The fraction of sp³-hybridized carbons (Fsp3) is 0.474. The first-order valence-corrected chi connectivity index (χ1v) is 10.6. The molecule has 142 valence electrons. The van der Waals surface area contributed by atoms with Gasteiger partial charge < -0.3 is 19.5 Å². The zero-order valence-corrected chi connectivity index (χ0v) is 16.0. The van der Waals surface area contributed by atoms with E-state index in [1.165, 1.54) is 0 Å². The lowest BCUT2D eigenvalue weighted by Gasteiger charge is -2.26. The number of aromatic hydroxyl groups is 1. The van der Waals surface area contributed by atoms with E-state index in [4.69, 9.17) is 9.47 Å². The number of hydrogen-bond donors (Lipinski definition) is 2. The molecule has 2 atom stereocenters. The van der Waals surface area contributed by atoms with E-state index in [1.807, 2.05) is 24.3 Å². The minimum atomic E-state index is -2.97. The van der Waals surface area contributed by atoms with Crippen LogP contribution in [-0.4, -0.2) is 58.4 Å². The van der Waals surface area contributed by atoms with Crippen molar-refractivity contribution in [1.82, 2.24) is 0 Å². The van der Waals surface area contributed by atoms with E-state index in [0.717, 1.165) is 27.0 Å². The average Bonchev–Trinajstić information content (AvgIpc) is 2.99. The van der Waals surface area contributed by atoms with Crippen molar-refractivity contribution in [1.29, 1.82) is 0 Å². The van der Waals surface area contributed by atoms with Crippen LogP contribution in [0.2, 0.25) is 0 Å². The van der Waals surface area contributed by atoms with Crippen molar-refractivity contribution >= 4 is 20.6 Å². The molecule has 0 saturated carbocycles. The third-order valence-electron chi connectivity index (χ3n) is 5.16. The summed E-state index contributed by atoms with van der Waals surface area (Å²) in [6.45, 7) is 1.77. The fourth-order valence-corrected chi connectivity index (χ4v) is 5.50. The molecule has 0 aromatic heterocycles. The molecular weight excluding hydrogens is 354 g/mol. The average molecular weight is 380 g/mol. The Kier molecular flexibility index (Phi) is 5.70. The Balaban J connectivity index is 1.96. The highest BCUT2D eigenvalue weighted by Gasteiger charge is 2.35. The van der Waals surface area contributed by atoms with Crippen LogP contribution in [0.4, 0.5) is 0 Å². The molecule has 1 saturated heterocycles. The maximum absolute atomic E-state index is 11.9. The second-order valence-corrected chi connectivity index (χ2v) is 9.06. The van der Waals surface area contributed by atoms with E-state index in [1.54, 1.807) is 20.3 Å². The second-order valence-electron chi connectivity index (χ2n) is 6.83. The lowest BCUT2D eigenvalue weighted by atomic mass is 10.0. The molecule has 7 heteroatoms. The van der Waals surface area contributed by atoms with Crippen molar-refractivity contribution in [3.8, 4) is 11.5 Å². The van der Waals surface area contributed by atoms with Gasteiger partial charge in [-0.3, -0.25) is 0 Å². The van der Waals surface area contributed by atoms with Crippen LogP contribution in [0.1, 0.15) is 12.0 Å². The molecule has 2 aromatic carbocycles. The summed E-state index contributed by atoms with van der Waals surface area (Å²) in [4.78, 5) is 1.12. The van der Waals surface area contributed by atoms with Crippen LogP contribution in [0.15, 0.2) is 30.3 Å². The highest BCUT2D eigenvalue weighted by molar-refractivity contribution is 7.91. The van der Waals surface area contributed by atoms with Crippen LogP contribution in [0.5, 0.6) is 11.5 Å². The van der Waals surface area contributed by atoms with Crippen LogP contribution < -0.4 is 9.64 Å². The molecule has 1 fully saturated rings. The van der Waals surface area contributed by atoms with Crippen LogP contribution in [0.25, 0.3) is 10.8 Å². The molecule has 1 unspecified atom stereocenters. The van der Waals surface area contributed by atoms with Gasteiger partial charge in [-0.05, 0) is 29.0 Å². The smallest absolute Gasteiger partial charge is 0.156 e. The molecule has 0 spiro atoms. The van der Waals surface area contributed by atoms with Gasteiger partial charge in [0.05, 0.1) is 25.0 Å². The van der Waals surface area contributed by atoms with Gasteiger partial charge in [0.15, 0.2) is 9.84 Å². The van der Waals surface area contributed by atoms with Crippen LogP contribution in [-0.2, 0) is 21.1 Å². The summed E-state index contributed by atoms with van der Waals surface area (Å²) in [6, 6.07) is 9.37. The molecule has 6 nitrogen and oxygen atoms in total. The zero-order chi connectivity index (χ0) is 18.7. The number of quaternary nitrogens is 1. The number of hydrogen-bond acceptors (Lipinski definition) is 5. The Morgan fingerprint density at radius 2 is 2.00 bits per heavy atom. The number of rotatable bonds is 7. The molecule has 2 aromatic rings. The molecule has 1 aliphatic rings. The molecule has 0 radical (unpaired) electrons. The third-order valence-corrected chi connectivity index (χ3v) is 6.92. The van der Waals surface area contributed by atoms with Crippen molar-refractivity contribution in [2.75, 3.05) is 38.9 Å². The summed E-state index contributed by atoms with van der Waals surface area (Å²) in [5.41, 5.74) is 0.816. The number of ether oxygens (including phenoxy) is 2. The molecule has 26 heavy (non-hydrogen) atoms. The molecule has 0 amide bonds. The first kappa shape index (κ1) is 18.9. The first-order valence-electron chi connectivity index (χ1n) is 8.76. The Morgan fingerprint density at radius 1 is 1.23 bits per heavy atom. The summed E-state index contributed by atoms with van der Waals surface area (Å²) in [6.07, 6.45) is 0.649. The van der Waals surface area contributed by atoms with Gasteiger partial charge in [-0.1, -0.05) is 12.1 Å². The van der Waals surface area contributed by atoms with E-state index >= 15 is 0 Å². The molecule has 0 aliphatic carbocycles. The number of phenolic OH excluding ortho intramolecular Hbond substituents is 1. The molecular formula is C19H26NO5S+. The van der Waals surface area contributed by atoms with Crippen molar-refractivity contribution in [3.63, 3.8) is 0 Å². The molecule has 2 N–H and O–H groups in total. The predicted octanol–water partition coefficient (Wildman–Crippen LogP) is 0.772. The van der Waals surface area contributed by atoms with Crippen molar-refractivity contribution in [3.05, 3.63) is 35.9 Å². The molecule has 0 bridgehead atoms. The fourth-order valence-electron chi connectivity index (χ4n) is 3.68. The van der Waals surface area contributed by atoms with Crippen LogP contribution in [0.3, 0.4) is 0 Å². The summed E-state index contributed by atoms with van der Waals surface area (Å²) in [7, 11) is 0.291. The van der Waals surface area contributed by atoms with E-state index in [-0.39, 0.29) is 23.3 Å². The Bertz CT molecular complexity index is 881. The van der Waals surface area contributed by atoms with Crippen LogP contribution >= 0.6 is 0 Å². The monoisotopic (exact) mass is 380 g/mol. The SMILES string of the molecule is COCC[NH+](Cc1c(O)ccc2ccc(OC)cc12)[C@@H]1CCS(=O)(=O)C1. The van der Waals surface area contributed by atoms with Crippen LogP contribution in [0, 0.1) is 0 Å². The number of benzene rings is 2. The summed E-state index contributed by atoms with van der Waals surface area (Å²) < 4.78 is 34.4. The summed E-state index contributed by atoms with van der Waals surface area (Å²) >= 11 is 0. The number of fused-ring (bicyclic) bond motifs is 1. The molecule has 3 rings (SSSR count). The minimum absolute atomic E-state index is 0.0235. The number of methoxy groups -OCH3 is 2. The summed E-state index contributed by atoms with van der Waals surface area (Å²) in [5, 5.41) is 12.4. The van der Waals surface area contributed by atoms with Gasteiger partial charge in [-0.15, -0.1) is 0 Å². The first-order chi connectivity index (χ1) is 12.4. The Morgan fingerprint density at radius 3 is 2.65 bits per heavy atom. The van der Waals surface area contributed by atoms with E-state index < -0.39 is 9.84 Å². The van der Waals surface area contributed by atoms with Crippen molar-refractivity contribution in [2.24, 2.45) is 0 Å². The topological polar surface area (TPSA) is 77.3 Å². The van der Waals surface area contributed by atoms with Gasteiger partial charge in [0.2, 0.25) is 0 Å². The standard InChI is InChI=1S/C19H25NO5S/c1-24-9-8-20(15-7-10-26(22,23)13-15)12-18-17-11-16(25-2)5-3-14(17)4-6-19(18)21/h3-6,11,15,21H,7-10,12-13H2,1-2H3/p+1/t15-/m1/s1. The normalized spacial score (nSPS) is 20.3. The number of sulfone groups is 1. The van der Waals surface area contributed by atoms with Gasteiger partial charge in [-0.2, -0.15) is 0 Å². The maximum atomic E-state index is 11.9. The molecule has 1 heterocycles. The van der Waals surface area contributed by atoms with Gasteiger partial charge in [0.1, 0.15) is 36.4 Å². The van der Waals surface area contributed by atoms with Crippen molar-refractivity contribution in [2.45, 2.75) is 19.0 Å². The lowest BCUT2D eigenvalue weighted by molar-refractivity contribution is -0.935. The predicted molar refractivity (Wildman–Crippen MR) is 101 cm³/mol. The minimum Gasteiger partial charge on any atom is -0.507 e. The van der Waals surface area contributed by atoms with Gasteiger partial charge in [0, 0.05) is 13.5 Å². The van der Waals surface area contributed by atoms with E-state index in [9.17, 15) is 13.5 Å². The maximum Gasteiger partial charge on any atom is 0.156 e. The highest BCUT2D eigenvalue weighted by Crippen LogP contribution is 2.29. The van der Waals surface area contributed by atoms with Gasteiger partial charge in [0.25, 0.3) is 0 Å². The van der Waals surface area contributed by atoms with E-state index in [0.29, 0.717) is 26.1 Å². The highest BCUT2D eigenvalue weighted by atomic mass is 32.2. The summed E-state index contributed by atoms with van der Waals surface area (Å²) in [5.74, 6) is 1.39. The number of phenols is 1. The number of nitrogens with one attached hydrogen (secondary N) is 1. The van der Waals surface area contributed by atoms with Gasteiger partial charge >= 0.3 is 0 Å². The van der Waals surface area contributed by atoms with E-state index in [2.05, 4.69) is 0 Å². The second kappa shape index (κ2) is 7.82. The zero-order valence-electron chi connectivity index (χ0n) is 15.2. The molecule has 1 aliphatic heterocycles. The lowest BCUT2D eigenvalue weighted by Crippen LogP contribution is -3.15. The Labute approximate surface area is 154 Å². The Hall–Kier alpha value is -1.83.